The fraction of sp³-hybridized carbons (Fsp3) is 0.455. The second-order valence-corrected chi connectivity index (χ2v) is 4.77. The van der Waals surface area contributed by atoms with Gasteiger partial charge in [-0.15, -0.1) is 5.10 Å². The maximum atomic E-state index is 11.4. The second kappa shape index (κ2) is 5.17. The van der Waals surface area contributed by atoms with Gasteiger partial charge in [0.25, 0.3) is 0 Å². The number of rotatable bonds is 2. The van der Waals surface area contributed by atoms with E-state index >= 15 is 0 Å². The summed E-state index contributed by atoms with van der Waals surface area (Å²) in [5, 5.41) is 17.8. The van der Waals surface area contributed by atoms with E-state index in [9.17, 15) is 5.21 Å². The van der Waals surface area contributed by atoms with E-state index in [2.05, 4.69) is 15.1 Å². The highest BCUT2D eigenvalue weighted by atomic mass is 32.1. The molecule has 0 amide bonds. The second-order valence-electron chi connectivity index (χ2n) is 4.41. The van der Waals surface area contributed by atoms with Crippen molar-refractivity contribution in [3.63, 3.8) is 0 Å². The van der Waals surface area contributed by atoms with Crippen LogP contribution in [-0.4, -0.2) is 45.7 Å². The highest BCUT2D eigenvalue weighted by Gasteiger charge is 2.21. The molecule has 0 radical (unpaired) electrons. The number of hydrogen-bond donors (Lipinski definition) is 0. The van der Waals surface area contributed by atoms with Gasteiger partial charge in [-0.05, 0) is 12.2 Å². The SMILES string of the molecule is Cn1nc(-c2c[n+]([O-])ccn2)n(N2CCOCC2)c1=S. The van der Waals surface area contributed by atoms with Gasteiger partial charge in [-0.2, -0.15) is 4.73 Å². The van der Waals surface area contributed by atoms with E-state index in [0.29, 0.717) is 34.2 Å². The summed E-state index contributed by atoms with van der Waals surface area (Å²) in [6, 6.07) is 0. The number of aromatic nitrogens is 5. The van der Waals surface area contributed by atoms with Crippen LogP contribution in [0.5, 0.6) is 0 Å². The average molecular weight is 294 g/mol. The first kappa shape index (κ1) is 13.0. The molecule has 3 heterocycles. The van der Waals surface area contributed by atoms with Crippen LogP contribution in [0.4, 0.5) is 0 Å². The summed E-state index contributed by atoms with van der Waals surface area (Å²) >= 11 is 5.40. The van der Waals surface area contributed by atoms with E-state index in [1.807, 2.05) is 4.68 Å². The Morgan fingerprint density at radius 2 is 2.15 bits per heavy atom. The third-order valence-electron chi connectivity index (χ3n) is 3.08. The molecule has 2 aromatic heterocycles. The molecular weight excluding hydrogens is 280 g/mol. The summed E-state index contributed by atoms with van der Waals surface area (Å²) in [4.78, 5) is 4.20. The Labute approximate surface area is 120 Å². The van der Waals surface area contributed by atoms with Crippen molar-refractivity contribution in [2.45, 2.75) is 0 Å². The standard InChI is InChI=1S/C11H14N6O2S/c1-14-11(20)17(15-4-6-19-7-5-15)10(13-14)9-8-16(18)3-2-12-9/h2-3,8H,4-7H2,1H3. The Kier molecular flexibility index (Phi) is 3.36. The van der Waals surface area contributed by atoms with Crippen LogP contribution in [-0.2, 0) is 11.8 Å². The maximum absolute atomic E-state index is 11.4. The predicted octanol–water partition coefficient (Wildman–Crippen LogP) is -0.385. The van der Waals surface area contributed by atoms with Gasteiger partial charge in [-0.3, -0.25) is 0 Å². The van der Waals surface area contributed by atoms with Gasteiger partial charge in [0.05, 0.1) is 32.5 Å². The third kappa shape index (κ3) is 2.25. The van der Waals surface area contributed by atoms with Gasteiger partial charge in [0.15, 0.2) is 11.9 Å². The highest BCUT2D eigenvalue weighted by molar-refractivity contribution is 7.71. The molecule has 0 N–H and O–H groups in total. The van der Waals surface area contributed by atoms with Crippen LogP contribution >= 0.6 is 12.2 Å². The van der Waals surface area contributed by atoms with Gasteiger partial charge in [0.1, 0.15) is 0 Å². The summed E-state index contributed by atoms with van der Waals surface area (Å²) in [5.74, 6) is 0.560. The van der Waals surface area contributed by atoms with Crippen molar-refractivity contribution in [1.29, 1.82) is 0 Å². The fourth-order valence-corrected chi connectivity index (χ4v) is 2.36. The largest absolute Gasteiger partial charge is 0.619 e. The van der Waals surface area contributed by atoms with E-state index in [1.54, 1.807) is 11.7 Å². The molecule has 0 atom stereocenters. The summed E-state index contributed by atoms with van der Waals surface area (Å²) in [7, 11) is 1.77. The van der Waals surface area contributed by atoms with E-state index in [1.165, 1.54) is 18.6 Å². The van der Waals surface area contributed by atoms with Crippen LogP contribution in [0.2, 0.25) is 0 Å². The zero-order valence-corrected chi connectivity index (χ0v) is 11.8. The molecule has 0 spiro atoms. The van der Waals surface area contributed by atoms with E-state index in [4.69, 9.17) is 17.0 Å². The Hall–Kier alpha value is -2.00. The lowest BCUT2D eigenvalue weighted by Gasteiger charge is -2.29. The first-order valence-corrected chi connectivity index (χ1v) is 6.62. The Morgan fingerprint density at radius 1 is 1.40 bits per heavy atom. The summed E-state index contributed by atoms with van der Waals surface area (Å²) in [6.45, 7) is 2.72. The molecule has 9 heteroatoms. The van der Waals surface area contributed by atoms with Gasteiger partial charge in [0.2, 0.25) is 16.8 Å². The minimum Gasteiger partial charge on any atom is -0.619 e. The van der Waals surface area contributed by atoms with Crippen molar-refractivity contribution in [2.75, 3.05) is 31.3 Å². The zero-order chi connectivity index (χ0) is 14.1. The van der Waals surface area contributed by atoms with Crippen molar-refractivity contribution in [1.82, 2.24) is 19.4 Å². The van der Waals surface area contributed by atoms with E-state index in [0.717, 1.165) is 13.1 Å². The van der Waals surface area contributed by atoms with E-state index in [-0.39, 0.29) is 0 Å². The summed E-state index contributed by atoms with van der Waals surface area (Å²) in [5.41, 5.74) is 0.487. The van der Waals surface area contributed by atoms with Crippen LogP contribution < -0.4 is 9.74 Å². The average Bonchev–Trinajstić information content (AvgIpc) is 2.76. The molecule has 3 rings (SSSR count). The molecular formula is C11H14N6O2S. The summed E-state index contributed by atoms with van der Waals surface area (Å²) in [6.07, 6.45) is 4.16. The van der Waals surface area contributed by atoms with E-state index < -0.39 is 0 Å². The predicted molar refractivity (Wildman–Crippen MR) is 73.0 cm³/mol. The molecule has 0 aliphatic carbocycles. The molecule has 106 valence electrons. The molecule has 0 unspecified atom stereocenters. The number of morpholine rings is 1. The van der Waals surface area contributed by atoms with Crippen LogP contribution in [0.15, 0.2) is 18.6 Å². The first-order chi connectivity index (χ1) is 9.66. The Bertz CT molecular complexity index is 676. The fourth-order valence-electron chi connectivity index (χ4n) is 2.11. The summed E-state index contributed by atoms with van der Waals surface area (Å²) < 4.78 is 10.0. The molecule has 20 heavy (non-hydrogen) atoms. The molecule has 1 aliphatic heterocycles. The van der Waals surface area contributed by atoms with Gasteiger partial charge in [-0.1, -0.05) is 0 Å². The number of ether oxygens (including phenoxy) is 1. The van der Waals surface area contributed by atoms with Gasteiger partial charge in [0, 0.05) is 7.05 Å². The topological polar surface area (TPSA) is 75.0 Å². The van der Waals surface area contributed by atoms with Crippen LogP contribution in [0.3, 0.4) is 0 Å². The monoisotopic (exact) mass is 294 g/mol. The number of aryl methyl sites for hydroxylation is 1. The van der Waals surface area contributed by atoms with Crippen molar-refractivity contribution in [3.05, 3.63) is 28.6 Å². The smallest absolute Gasteiger partial charge is 0.217 e. The first-order valence-electron chi connectivity index (χ1n) is 6.21. The zero-order valence-electron chi connectivity index (χ0n) is 11.0. The minimum absolute atomic E-state index is 0.487. The molecule has 8 nitrogen and oxygen atoms in total. The number of hydrogen-bond acceptors (Lipinski definition) is 6. The quantitative estimate of drug-likeness (QED) is 0.427. The van der Waals surface area contributed by atoms with Crippen LogP contribution in [0.1, 0.15) is 0 Å². The van der Waals surface area contributed by atoms with Crippen LogP contribution in [0.25, 0.3) is 11.5 Å². The van der Waals surface area contributed by atoms with Crippen molar-refractivity contribution in [3.8, 4) is 11.5 Å². The van der Waals surface area contributed by atoms with Gasteiger partial charge >= 0.3 is 0 Å². The molecule has 0 saturated carbocycles. The lowest BCUT2D eigenvalue weighted by molar-refractivity contribution is -0.605. The lowest BCUT2D eigenvalue weighted by Crippen LogP contribution is -2.44. The van der Waals surface area contributed by atoms with Crippen molar-refractivity contribution in [2.24, 2.45) is 7.05 Å². The molecule has 2 aromatic rings. The van der Waals surface area contributed by atoms with Gasteiger partial charge in [-0.25, -0.2) is 14.3 Å². The Morgan fingerprint density at radius 3 is 2.85 bits per heavy atom. The molecule has 0 aromatic carbocycles. The van der Waals surface area contributed by atoms with Crippen molar-refractivity contribution >= 4 is 12.2 Å². The number of nitrogens with zero attached hydrogens (tertiary/aromatic N) is 6. The third-order valence-corrected chi connectivity index (χ3v) is 3.52. The van der Waals surface area contributed by atoms with Crippen molar-refractivity contribution < 1.29 is 9.47 Å². The maximum Gasteiger partial charge on any atom is 0.217 e. The Balaban J connectivity index is 2.11. The molecule has 1 aliphatic rings. The van der Waals surface area contributed by atoms with Gasteiger partial charge < -0.3 is 15.0 Å². The lowest BCUT2D eigenvalue weighted by atomic mass is 10.4. The normalized spacial score (nSPS) is 15.6. The highest BCUT2D eigenvalue weighted by Crippen LogP contribution is 2.15. The molecule has 1 fully saturated rings. The minimum atomic E-state index is 0.487. The molecule has 1 saturated heterocycles. The van der Waals surface area contributed by atoms with Crippen LogP contribution in [0, 0.1) is 9.98 Å². The molecule has 0 bridgehead atoms.